The van der Waals surface area contributed by atoms with E-state index >= 15 is 0 Å². The van der Waals surface area contributed by atoms with Crippen LogP contribution in [0.4, 0.5) is 5.69 Å². The van der Waals surface area contributed by atoms with Crippen molar-refractivity contribution in [3.63, 3.8) is 0 Å². The van der Waals surface area contributed by atoms with E-state index in [-0.39, 0.29) is 0 Å². The van der Waals surface area contributed by atoms with E-state index in [1.165, 1.54) is 5.56 Å². The average Bonchev–Trinajstić information content (AvgIpc) is 2.33. The number of anilines is 1. The summed E-state index contributed by atoms with van der Waals surface area (Å²) in [6.45, 7) is 5.94. The van der Waals surface area contributed by atoms with Gasteiger partial charge in [0.05, 0.1) is 10.7 Å². The van der Waals surface area contributed by atoms with E-state index < -0.39 is 0 Å². The molecule has 0 aromatic heterocycles. The zero-order chi connectivity index (χ0) is 13.5. The van der Waals surface area contributed by atoms with E-state index in [0.29, 0.717) is 0 Å². The topological polar surface area (TPSA) is 18.5 Å². The molecule has 1 N–H and O–H groups in total. The van der Waals surface area contributed by atoms with Crippen molar-refractivity contribution in [3.05, 3.63) is 28.8 Å². The molecule has 0 aliphatic heterocycles. The molecule has 18 heavy (non-hydrogen) atoms. The van der Waals surface area contributed by atoms with Crippen molar-refractivity contribution in [2.75, 3.05) is 45.7 Å². The Morgan fingerprint density at radius 2 is 1.89 bits per heavy atom. The third-order valence-corrected chi connectivity index (χ3v) is 3.19. The van der Waals surface area contributed by atoms with Gasteiger partial charge in [-0.1, -0.05) is 24.6 Å². The van der Waals surface area contributed by atoms with Crippen molar-refractivity contribution in [2.45, 2.75) is 13.5 Å². The molecule has 0 aliphatic rings. The van der Waals surface area contributed by atoms with Crippen LogP contribution >= 0.6 is 11.6 Å². The number of nitrogens with one attached hydrogen (secondary N) is 1. The average molecular weight is 270 g/mol. The van der Waals surface area contributed by atoms with Crippen molar-refractivity contribution in [2.24, 2.45) is 0 Å². The van der Waals surface area contributed by atoms with Crippen molar-refractivity contribution < 1.29 is 0 Å². The van der Waals surface area contributed by atoms with Gasteiger partial charge in [0, 0.05) is 26.7 Å². The van der Waals surface area contributed by atoms with Crippen LogP contribution < -0.4 is 10.2 Å². The number of nitrogens with zero attached hydrogens (tertiary/aromatic N) is 2. The maximum atomic E-state index is 6.34. The molecular weight excluding hydrogens is 246 g/mol. The number of halogens is 1. The molecule has 0 heterocycles. The van der Waals surface area contributed by atoms with E-state index in [1.54, 1.807) is 0 Å². The van der Waals surface area contributed by atoms with Gasteiger partial charge in [-0.05, 0) is 38.3 Å². The molecule has 4 heteroatoms. The summed E-state index contributed by atoms with van der Waals surface area (Å²) >= 11 is 6.34. The number of likely N-dealkylation sites (N-methyl/N-ethyl adjacent to an activating group) is 2. The molecule has 0 amide bonds. The molecule has 0 saturated carbocycles. The van der Waals surface area contributed by atoms with Crippen LogP contribution in [0.5, 0.6) is 0 Å². The lowest BCUT2D eigenvalue weighted by atomic mass is 10.2. The molecule has 0 aliphatic carbocycles. The Bertz CT molecular complexity index is 366. The Kier molecular flexibility index (Phi) is 6.47. The summed E-state index contributed by atoms with van der Waals surface area (Å²) in [5, 5.41) is 4.13. The fourth-order valence-electron chi connectivity index (χ4n) is 1.71. The summed E-state index contributed by atoms with van der Waals surface area (Å²) in [5.74, 6) is 0. The van der Waals surface area contributed by atoms with Gasteiger partial charge in [-0.3, -0.25) is 0 Å². The summed E-state index contributed by atoms with van der Waals surface area (Å²) in [6, 6.07) is 6.28. The molecule has 3 nitrogen and oxygen atoms in total. The van der Waals surface area contributed by atoms with Crippen molar-refractivity contribution >= 4 is 17.3 Å². The maximum absolute atomic E-state index is 6.34. The van der Waals surface area contributed by atoms with Gasteiger partial charge < -0.3 is 15.1 Å². The molecule has 0 atom stereocenters. The maximum Gasteiger partial charge on any atom is 0.0642 e. The summed E-state index contributed by atoms with van der Waals surface area (Å²) in [4.78, 5) is 4.36. The van der Waals surface area contributed by atoms with Crippen LogP contribution in [0.15, 0.2) is 18.2 Å². The summed E-state index contributed by atoms with van der Waals surface area (Å²) in [6.07, 6.45) is 0. The first kappa shape index (κ1) is 15.3. The first-order valence-corrected chi connectivity index (χ1v) is 6.77. The van der Waals surface area contributed by atoms with Crippen LogP contribution in [-0.2, 0) is 6.54 Å². The molecular formula is C14H24ClN3. The third-order valence-electron chi connectivity index (χ3n) is 2.89. The van der Waals surface area contributed by atoms with E-state index in [0.717, 1.165) is 36.9 Å². The lowest BCUT2D eigenvalue weighted by molar-refractivity contribution is 0.416. The predicted octanol–water partition coefficient (Wildman–Crippen LogP) is 2.45. The van der Waals surface area contributed by atoms with E-state index in [4.69, 9.17) is 11.6 Å². The first-order chi connectivity index (χ1) is 8.54. The molecule has 1 aromatic rings. The quantitative estimate of drug-likeness (QED) is 0.820. The summed E-state index contributed by atoms with van der Waals surface area (Å²) in [7, 11) is 6.23. The Morgan fingerprint density at radius 3 is 2.44 bits per heavy atom. The third kappa shape index (κ3) is 4.84. The van der Waals surface area contributed by atoms with Crippen LogP contribution in [0.3, 0.4) is 0 Å². The minimum atomic E-state index is 0.826. The second-order valence-electron chi connectivity index (χ2n) is 4.79. The highest BCUT2D eigenvalue weighted by Crippen LogP contribution is 2.25. The second-order valence-corrected chi connectivity index (χ2v) is 5.20. The zero-order valence-electron chi connectivity index (χ0n) is 11.8. The highest BCUT2D eigenvalue weighted by atomic mass is 35.5. The smallest absolute Gasteiger partial charge is 0.0642 e. The van der Waals surface area contributed by atoms with Crippen LogP contribution in [0.25, 0.3) is 0 Å². The highest BCUT2D eigenvalue weighted by molar-refractivity contribution is 6.33. The van der Waals surface area contributed by atoms with Gasteiger partial charge in [-0.25, -0.2) is 0 Å². The Balaban J connectivity index is 2.66. The molecule has 1 rings (SSSR count). The molecule has 1 aromatic carbocycles. The molecule has 0 saturated heterocycles. The SMILES string of the molecule is CCNCc1ccc(N(C)CCN(C)C)c(Cl)c1. The van der Waals surface area contributed by atoms with Crippen LogP contribution in [-0.4, -0.2) is 45.7 Å². The van der Waals surface area contributed by atoms with Crippen LogP contribution in [0.1, 0.15) is 12.5 Å². The van der Waals surface area contributed by atoms with Gasteiger partial charge in [-0.15, -0.1) is 0 Å². The van der Waals surface area contributed by atoms with Crippen molar-refractivity contribution in [1.82, 2.24) is 10.2 Å². The Hall–Kier alpha value is -0.770. The molecule has 0 bridgehead atoms. The highest BCUT2D eigenvalue weighted by Gasteiger charge is 2.07. The summed E-state index contributed by atoms with van der Waals surface area (Å²) in [5.41, 5.74) is 2.32. The predicted molar refractivity (Wildman–Crippen MR) is 80.7 cm³/mol. The van der Waals surface area contributed by atoms with Crippen molar-refractivity contribution in [3.8, 4) is 0 Å². The molecule has 0 fully saturated rings. The van der Waals surface area contributed by atoms with E-state index in [1.807, 2.05) is 6.07 Å². The molecule has 0 unspecified atom stereocenters. The van der Waals surface area contributed by atoms with Gasteiger partial charge >= 0.3 is 0 Å². The van der Waals surface area contributed by atoms with E-state index in [9.17, 15) is 0 Å². The van der Waals surface area contributed by atoms with Gasteiger partial charge in [0.25, 0.3) is 0 Å². The monoisotopic (exact) mass is 269 g/mol. The first-order valence-electron chi connectivity index (χ1n) is 6.39. The lowest BCUT2D eigenvalue weighted by Gasteiger charge is -2.23. The zero-order valence-corrected chi connectivity index (χ0v) is 12.6. The number of benzene rings is 1. The van der Waals surface area contributed by atoms with Crippen molar-refractivity contribution in [1.29, 1.82) is 0 Å². The standard InChI is InChI=1S/C14H24ClN3/c1-5-16-11-12-6-7-14(13(15)10-12)18(4)9-8-17(2)3/h6-7,10,16H,5,8-9,11H2,1-4H3. The molecule has 0 radical (unpaired) electrons. The van der Waals surface area contributed by atoms with E-state index in [2.05, 4.69) is 55.3 Å². The van der Waals surface area contributed by atoms with Crippen LogP contribution in [0.2, 0.25) is 5.02 Å². The number of rotatable bonds is 7. The largest absolute Gasteiger partial charge is 0.372 e. The lowest BCUT2D eigenvalue weighted by Crippen LogP contribution is -2.28. The van der Waals surface area contributed by atoms with Crippen LogP contribution in [0, 0.1) is 0 Å². The fourth-order valence-corrected chi connectivity index (χ4v) is 2.06. The molecule has 102 valence electrons. The van der Waals surface area contributed by atoms with Gasteiger partial charge in [0.15, 0.2) is 0 Å². The Morgan fingerprint density at radius 1 is 1.17 bits per heavy atom. The normalized spacial score (nSPS) is 11.0. The summed E-state index contributed by atoms with van der Waals surface area (Å²) < 4.78 is 0. The molecule has 0 spiro atoms. The number of hydrogen-bond donors (Lipinski definition) is 1. The minimum Gasteiger partial charge on any atom is -0.372 e. The van der Waals surface area contributed by atoms with Gasteiger partial charge in [0.1, 0.15) is 0 Å². The number of hydrogen-bond acceptors (Lipinski definition) is 3. The Labute approximate surface area is 116 Å². The second kappa shape index (κ2) is 7.62. The minimum absolute atomic E-state index is 0.826. The van der Waals surface area contributed by atoms with Gasteiger partial charge in [0.2, 0.25) is 0 Å². The fraction of sp³-hybridized carbons (Fsp3) is 0.571. The van der Waals surface area contributed by atoms with Gasteiger partial charge in [-0.2, -0.15) is 0 Å².